The third kappa shape index (κ3) is 3.00. The smallest absolute Gasteiger partial charge is 0.245 e. The van der Waals surface area contributed by atoms with E-state index in [0.717, 1.165) is 30.7 Å². The highest BCUT2D eigenvalue weighted by molar-refractivity contribution is 7.89. The highest BCUT2D eigenvalue weighted by Gasteiger charge is 2.28. The highest BCUT2D eigenvalue weighted by atomic mass is 35.5. The van der Waals surface area contributed by atoms with Gasteiger partial charge in [0.05, 0.1) is 4.34 Å². The molecule has 4 nitrogen and oxygen atoms in total. The molecule has 0 saturated carbocycles. The summed E-state index contributed by atoms with van der Waals surface area (Å²) in [6, 6.07) is 1.63. The average molecular weight is 329 g/mol. The largest absolute Gasteiger partial charge is 0.313 e. The van der Waals surface area contributed by atoms with Gasteiger partial charge < -0.3 is 5.32 Å². The van der Waals surface area contributed by atoms with Gasteiger partial charge in [-0.05, 0) is 25.5 Å². The van der Waals surface area contributed by atoms with Gasteiger partial charge in [0.2, 0.25) is 10.0 Å². The molecule has 0 aromatic carbocycles. The van der Waals surface area contributed by atoms with Crippen LogP contribution in [0.4, 0.5) is 0 Å². The molecule has 2 heterocycles. The van der Waals surface area contributed by atoms with Gasteiger partial charge in [-0.2, -0.15) is 4.31 Å². The van der Waals surface area contributed by atoms with Gasteiger partial charge in [-0.3, -0.25) is 0 Å². The van der Waals surface area contributed by atoms with Crippen molar-refractivity contribution in [1.29, 1.82) is 0 Å². The summed E-state index contributed by atoms with van der Waals surface area (Å²) in [5, 5.41) is 3.27. The number of halogens is 2. The van der Waals surface area contributed by atoms with Crippen molar-refractivity contribution in [2.24, 2.45) is 0 Å². The summed E-state index contributed by atoms with van der Waals surface area (Å²) in [5.41, 5.74) is 0. The van der Waals surface area contributed by atoms with Crippen LogP contribution in [0.2, 0.25) is 8.67 Å². The topological polar surface area (TPSA) is 49.4 Å². The zero-order chi connectivity index (χ0) is 13.3. The van der Waals surface area contributed by atoms with Crippen molar-refractivity contribution in [2.75, 3.05) is 20.1 Å². The molecule has 0 amide bonds. The van der Waals surface area contributed by atoms with E-state index in [9.17, 15) is 8.42 Å². The quantitative estimate of drug-likeness (QED) is 0.923. The van der Waals surface area contributed by atoms with Crippen molar-refractivity contribution in [1.82, 2.24) is 9.62 Å². The molecular weight excluding hydrogens is 315 g/mol. The molecule has 2 rings (SSSR count). The van der Waals surface area contributed by atoms with E-state index in [1.54, 1.807) is 7.05 Å². The van der Waals surface area contributed by atoms with Crippen LogP contribution in [-0.4, -0.2) is 38.9 Å². The van der Waals surface area contributed by atoms with Crippen LogP contribution in [0.5, 0.6) is 0 Å². The van der Waals surface area contributed by atoms with Gasteiger partial charge in [0, 0.05) is 19.6 Å². The first-order valence-corrected chi connectivity index (χ1v) is 8.57. The second-order valence-electron chi connectivity index (χ2n) is 4.27. The van der Waals surface area contributed by atoms with Crippen LogP contribution < -0.4 is 5.32 Å². The van der Waals surface area contributed by atoms with E-state index >= 15 is 0 Å². The fourth-order valence-corrected chi connectivity index (χ4v) is 5.31. The van der Waals surface area contributed by atoms with Gasteiger partial charge in [-0.15, -0.1) is 11.3 Å². The Morgan fingerprint density at radius 3 is 2.78 bits per heavy atom. The van der Waals surface area contributed by atoms with Crippen molar-refractivity contribution in [3.05, 3.63) is 14.7 Å². The molecule has 1 atom stereocenters. The Morgan fingerprint density at radius 2 is 2.28 bits per heavy atom. The molecule has 1 aliphatic rings. The lowest BCUT2D eigenvalue weighted by Crippen LogP contribution is -2.38. The fourth-order valence-electron chi connectivity index (χ4n) is 1.99. The molecule has 0 radical (unpaired) electrons. The van der Waals surface area contributed by atoms with Crippen molar-refractivity contribution in [3.63, 3.8) is 0 Å². The summed E-state index contributed by atoms with van der Waals surface area (Å²) in [6.45, 7) is 1.40. The van der Waals surface area contributed by atoms with Crippen LogP contribution in [0.25, 0.3) is 0 Å². The first kappa shape index (κ1) is 14.6. The van der Waals surface area contributed by atoms with E-state index in [0.29, 0.717) is 10.9 Å². The third-order valence-electron chi connectivity index (χ3n) is 2.95. The molecule has 1 N–H and O–H groups in total. The lowest BCUT2D eigenvalue weighted by atomic mass is 10.2. The van der Waals surface area contributed by atoms with Gasteiger partial charge in [0.25, 0.3) is 0 Å². The second kappa shape index (κ2) is 5.64. The minimum atomic E-state index is -3.55. The molecule has 0 spiro atoms. The zero-order valence-corrected chi connectivity index (χ0v) is 13.0. The Labute approximate surface area is 121 Å². The van der Waals surface area contributed by atoms with E-state index in [1.807, 2.05) is 0 Å². The minimum Gasteiger partial charge on any atom is -0.313 e. The maximum Gasteiger partial charge on any atom is 0.245 e. The zero-order valence-electron chi connectivity index (χ0n) is 9.82. The maximum absolute atomic E-state index is 12.3. The molecule has 1 saturated heterocycles. The van der Waals surface area contributed by atoms with Crippen LogP contribution in [0.15, 0.2) is 11.0 Å². The van der Waals surface area contributed by atoms with E-state index in [-0.39, 0.29) is 15.3 Å². The van der Waals surface area contributed by atoms with Crippen LogP contribution in [0.1, 0.15) is 12.8 Å². The number of likely N-dealkylation sites (N-methyl/N-ethyl adjacent to an activating group) is 1. The van der Waals surface area contributed by atoms with Crippen LogP contribution in [0, 0.1) is 0 Å². The van der Waals surface area contributed by atoms with Gasteiger partial charge in [-0.1, -0.05) is 23.2 Å². The van der Waals surface area contributed by atoms with Crippen LogP contribution >= 0.6 is 34.5 Å². The molecule has 8 heteroatoms. The Balaban J connectivity index is 2.17. The summed E-state index contributed by atoms with van der Waals surface area (Å²) in [5.74, 6) is 0. The van der Waals surface area contributed by atoms with Crippen LogP contribution in [-0.2, 0) is 10.0 Å². The molecule has 0 aliphatic carbocycles. The molecular formula is C10H14Cl2N2O2S2. The van der Waals surface area contributed by atoms with E-state index in [2.05, 4.69) is 5.32 Å². The predicted molar refractivity (Wildman–Crippen MR) is 75.2 cm³/mol. The summed E-state index contributed by atoms with van der Waals surface area (Å²) in [4.78, 5) is 0.0969. The molecule has 1 fully saturated rings. The van der Waals surface area contributed by atoms with Crippen molar-refractivity contribution in [2.45, 2.75) is 23.8 Å². The molecule has 102 valence electrons. The van der Waals surface area contributed by atoms with Crippen molar-refractivity contribution >= 4 is 44.6 Å². The number of hydrogen-bond acceptors (Lipinski definition) is 4. The Kier molecular flexibility index (Phi) is 4.57. The highest BCUT2D eigenvalue weighted by Crippen LogP contribution is 2.35. The summed E-state index contributed by atoms with van der Waals surface area (Å²) in [6.07, 6.45) is 2.08. The molecule has 1 aliphatic heterocycles. The maximum atomic E-state index is 12.3. The van der Waals surface area contributed by atoms with Crippen molar-refractivity contribution < 1.29 is 8.42 Å². The number of nitrogens with one attached hydrogen (secondary N) is 1. The Morgan fingerprint density at radius 1 is 1.56 bits per heavy atom. The summed E-state index contributed by atoms with van der Waals surface area (Å²) >= 11 is 12.8. The number of rotatable bonds is 4. The average Bonchev–Trinajstić information content (AvgIpc) is 2.88. The number of hydrogen-bond donors (Lipinski definition) is 1. The van der Waals surface area contributed by atoms with Gasteiger partial charge >= 0.3 is 0 Å². The SMILES string of the molecule is CN(CC1CCCN1)S(=O)(=O)c1cc(Cl)sc1Cl. The summed E-state index contributed by atoms with van der Waals surface area (Å²) in [7, 11) is -1.98. The second-order valence-corrected chi connectivity index (χ2v) is 8.57. The first-order valence-electron chi connectivity index (χ1n) is 5.56. The lowest BCUT2D eigenvalue weighted by molar-refractivity contribution is 0.417. The van der Waals surface area contributed by atoms with E-state index < -0.39 is 10.0 Å². The molecule has 0 bridgehead atoms. The standard InChI is InChI=1S/C10H14Cl2N2O2S2/c1-14(6-7-3-2-4-13-7)18(15,16)8-5-9(11)17-10(8)12/h5,7,13H,2-4,6H2,1H3. The number of thiophene rings is 1. The van der Waals surface area contributed by atoms with E-state index in [4.69, 9.17) is 23.2 Å². The first-order chi connectivity index (χ1) is 8.41. The normalized spacial score (nSPS) is 20.8. The van der Waals surface area contributed by atoms with Gasteiger partial charge in [0.1, 0.15) is 9.23 Å². The molecule has 1 aromatic heterocycles. The van der Waals surface area contributed by atoms with Crippen molar-refractivity contribution in [3.8, 4) is 0 Å². The molecule has 1 unspecified atom stereocenters. The number of sulfonamides is 1. The number of nitrogens with zero attached hydrogens (tertiary/aromatic N) is 1. The Hall–Kier alpha value is 0.150. The summed E-state index contributed by atoms with van der Waals surface area (Å²) < 4.78 is 26.6. The Bertz CT molecular complexity index is 524. The predicted octanol–water partition coefficient (Wildman–Crippen LogP) is 2.43. The molecule has 18 heavy (non-hydrogen) atoms. The third-order valence-corrected chi connectivity index (χ3v) is 6.53. The van der Waals surface area contributed by atoms with Crippen LogP contribution in [0.3, 0.4) is 0 Å². The minimum absolute atomic E-state index is 0.0969. The fraction of sp³-hybridized carbons (Fsp3) is 0.600. The lowest BCUT2D eigenvalue weighted by Gasteiger charge is -2.20. The molecule has 1 aromatic rings. The van der Waals surface area contributed by atoms with Gasteiger partial charge in [0.15, 0.2) is 0 Å². The van der Waals surface area contributed by atoms with Gasteiger partial charge in [-0.25, -0.2) is 8.42 Å². The monoisotopic (exact) mass is 328 g/mol. The van der Waals surface area contributed by atoms with E-state index in [1.165, 1.54) is 10.4 Å².